The maximum atomic E-state index is 12.3. The van der Waals surface area contributed by atoms with Crippen molar-refractivity contribution in [3.05, 3.63) is 29.4 Å². The third-order valence-corrected chi connectivity index (χ3v) is 4.54. The van der Waals surface area contributed by atoms with Crippen LogP contribution < -0.4 is 10.6 Å². The van der Waals surface area contributed by atoms with E-state index in [-0.39, 0.29) is 11.9 Å². The fourth-order valence-corrected chi connectivity index (χ4v) is 3.03. The first kappa shape index (κ1) is 15.4. The Morgan fingerprint density at radius 3 is 2.95 bits per heavy atom. The van der Waals surface area contributed by atoms with E-state index in [4.69, 9.17) is 0 Å². The molecule has 0 aliphatic carbocycles. The van der Waals surface area contributed by atoms with Crippen molar-refractivity contribution in [1.82, 2.24) is 15.3 Å². The molecule has 2 heterocycles. The smallest absolute Gasteiger partial charge is 0.261 e. The topological polar surface area (TPSA) is 66.9 Å². The van der Waals surface area contributed by atoms with Gasteiger partial charge in [-0.1, -0.05) is 13.0 Å². The minimum atomic E-state index is -0.0421. The van der Waals surface area contributed by atoms with Crippen LogP contribution in [0.2, 0.25) is 0 Å². The van der Waals surface area contributed by atoms with Crippen LogP contribution in [0.5, 0.6) is 0 Å². The number of fused-ring (bicyclic) bond motifs is 1. The second-order valence-electron chi connectivity index (χ2n) is 4.91. The number of thiophene rings is 1. The highest BCUT2D eigenvalue weighted by molar-refractivity contribution is 7.20. The largest absolute Gasteiger partial charge is 0.366 e. The summed E-state index contributed by atoms with van der Waals surface area (Å²) in [5.41, 5.74) is 0.919. The predicted molar refractivity (Wildman–Crippen MR) is 88.1 cm³/mol. The van der Waals surface area contributed by atoms with Gasteiger partial charge in [0.1, 0.15) is 17.0 Å². The van der Waals surface area contributed by atoms with Crippen LogP contribution in [0.3, 0.4) is 0 Å². The highest BCUT2D eigenvalue weighted by atomic mass is 32.1. The van der Waals surface area contributed by atoms with E-state index in [2.05, 4.69) is 27.2 Å². The quantitative estimate of drug-likeness (QED) is 0.805. The van der Waals surface area contributed by atoms with Gasteiger partial charge in [0.2, 0.25) is 0 Å². The molecule has 0 saturated heterocycles. The summed E-state index contributed by atoms with van der Waals surface area (Å²) in [5, 5.41) is 7.10. The highest BCUT2D eigenvalue weighted by Gasteiger charge is 2.19. The number of hydrogen-bond donors (Lipinski definition) is 2. The van der Waals surface area contributed by atoms with Gasteiger partial charge in [-0.2, -0.15) is 0 Å². The van der Waals surface area contributed by atoms with Gasteiger partial charge < -0.3 is 10.6 Å². The van der Waals surface area contributed by atoms with Crippen LogP contribution in [0.25, 0.3) is 10.2 Å². The third kappa shape index (κ3) is 3.21. The molecule has 2 rings (SSSR count). The molecule has 1 atom stereocenters. The standard InChI is InChI=1S/C15H20N4OS/c1-5-7-16-13-11-10(4)12(14(20)19-9(3)6-2)21-15(11)18-8-17-13/h5,8-9H,1,6-7H2,2-4H3,(H,19,20)(H,16,17,18). The lowest BCUT2D eigenvalue weighted by Gasteiger charge is -2.10. The lowest BCUT2D eigenvalue weighted by atomic mass is 10.2. The van der Waals surface area contributed by atoms with Crippen molar-refractivity contribution in [3.8, 4) is 0 Å². The van der Waals surface area contributed by atoms with E-state index in [1.165, 1.54) is 17.7 Å². The Hall–Kier alpha value is -1.95. The maximum absolute atomic E-state index is 12.3. The molecule has 6 heteroatoms. The van der Waals surface area contributed by atoms with Crippen molar-refractivity contribution in [2.45, 2.75) is 33.2 Å². The molecule has 2 N–H and O–H groups in total. The minimum Gasteiger partial charge on any atom is -0.366 e. The average molecular weight is 304 g/mol. The molecular weight excluding hydrogens is 284 g/mol. The monoisotopic (exact) mass is 304 g/mol. The first-order valence-electron chi connectivity index (χ1n) is 6.98. The van der Waals surface area contributed by atoms with Crippen molar-refractivity contribution < 1.29 is 4.79 Å². The lowest BCUT2D eigenvalue weighted by molar-refractivity contribution is 0.0943. The number of aromatic nitrogens is 2. The number of carbonyl (C=O) groups excluding carboxylic acids is 1. The van der Waals surface area contributed by atoms with E-state index < -0.39 is 0 Å². The number of nitrogens with one attached hydrogen (secondary N) is 2. The molecule has 112 valence electrons. The lowest BCUT2D eigenvalue weighted by Crippen LogP contribution is -2.31. The van der Waals surface area contributed by atoms with Crippen molar-refractivity contribution in [1.29, 1.82) is 0 Å². The predicted octanol–water partition coefficient (Wildman–Crippen LogP) is 3.13. The zero-order valence-electron chi connectivity index (χ0n) is 12.6. The summed E-state index contributed by atoms with van der Waals surface area (Å²) in [6, 6.07) is 0.159. The second kappa shape index (κ2) is 6.67. The van der Waals surface area contributed by atoms with Gasteiger partial charge in [-0.05, 0) is 25.8 Å². The number of carbonyl (C=O) groups is 1. The highest BCUT2D eigenvalue weighted by Crippen LogP contribution is 2.33. The molecule has 0 aliphatic rings. The summed E-state index contributed by atoms with van der Waals surface area (Å²) < 4.78 is 0. The molecule has 1 unspecified atom stereocenters. The fourth-order valence-electron chi connectivity index (χ4n) is 1.98. The number of anilines is 1. The Balaban J connectivity index is 2.41. The summed E-state index contributed by atoms with van der Waals surface area (Å²) in [4.78, 5) is 22.4. The molecule has 0 fully saturated rings. The van der Waals surface area contributed by atoms with E-state index in [1.807, 2.05) is 20.8 Å². The van der Waals surface area contributed by atoms with E-state index in [0.29, 0.717) is 11.4 Å². The minimum absolute atomic E-state index is 0.0421. The van der Waals surface area contributed by atoms with Crippen molar-refractivity contribution >= 4 is 33.3 Å². The third-order valence-electron chi connectivity index (χ3n) is 3.34. The van der Waals surface area contributed by atoms with Crippen LogP contribution in [0.1, 0.15) is 35.5 Å². The molecule has 2 aromatic rings. The normalized spacial score (nSPS) is 12.1. The van der Waals surface area contributed by atoms with Gasteiger partial charge in [-0.15, -0.1) is 17.9 Å². The van der Waals surface area contributed by atoms with E-state index in [0.717, 1.165) is 28.0 Å². The van der Waals surface area contributed by atoms with Crippen molar-refractivity contribution in [3.63, 3.8) is 0 Å². The summed E-state index contributed by atoms with van der Waals surface area (Å²) >= 11 is 1.40. The van der Waals surface area contributed by atoms with Crippen molar-refractivity contribution in [2.24, 2.45) is 0 Å². The number of nitrogens with zero attached hydrogens (tertiary/aromatic N) is 2. The van der Waals surface area contributed by atoms with Gasteiger partial charge in [0.25, 0.3) is 5.91 Å². The van der Waals surface area contributed by atoms with Gasteiger partial charge in [0.15, 0.2) is 0 Å². The van der Waals surface area contributed by atoms with Crippen LogP contribution in [-0.4, -0.2) is 28.5 Å². The summed E-state index contributed by atoms with van der Waals surface area (Å²) in [7, 11) is 0. The van der Waals surface area contributed by atoms with Gasteiger partial charge in [0.05, 0.1) is 10.3 Å². The molecule has 0 bridgehead atoms. The summed E-state index contributed by atoms with van der Waals surface area (Å²) in [6.45, 7) is 10.3. The maximum Gasteiger partial charge on any atom is 0.261 e. The average Bonchev–Trinajstić information content (AvgIpc) is 2.83. The van der Waals surface area contributed by atoms with Crippen LogP contribution in [-0.2, 0) is 0 Å². The molecule has 0 spiro atoms. The zero-order chi connectivity index (χ0) is 15.4. The molecule has 0 saturated carbocycles. The molecule has 21 heavy (non-hydrogen) atoms. The Labute approximate surface area is 128 Å². The van der Waals surface area contributed by atoms with Gasteiger partial charge in [0, 0.05) is 12.6 Å². The van der Waals surface area contributed by atoms with E-state index in [1.54, 1.807) is 6.08 Å². The Bertz CT molecular complexity index is 665. The zero-order valence-corrected chi connectivity index (χ0v) is 13.4. The summed E-state index contributed by atoms with van der Waals surface area (Å²) in [5.74, 6) is 0.704. The van der Waals surface area contributed by atoms with Gasteiger partial charge in [-0.25, -0.2) is 9.97 Å². The van der Waals surface area contributed by atoms with Crippen LogP contribution in [0.15, 0.2) is 19.0 Å². The van der Waals surface area contributed by atoms with Crippen LogP contribution in [0, 0.1) is 6.92 Å². The molecule has 0 radical (unpaired) electrons. The van der Waals surface area contributed by atoms with E-state index >= 15 is 0 Å². The first-order valence-corrected chi connectivity index (χ1v) is 7.79. The Kier molecular flexibility index (Phi) is 4.90. The van der Waals surface area contributed by atoms with Crippen molar-refractivity contribution in [2.75, 3.05) is 11.9 Å². The number of amides is 1. The first-order chi connectivity index (χ1) is 10.1. The number of rotatable bonds is 6. The molecule has 5 nitrogen and oxygen atoms in total. The fraction of sp³-hybridized carbons (Fsp3) is 0.400. The summed E-state index contributed by atoms with van der Waals surface area (Å²) in [6.07, 6.45) is 4.19. The Morgan fingerprint density at radius 1 is 1.52 bits per heavy atom. The van der Waals surface area contributed by atoms with Crippen LogP contribution >= 0.6 is 11.3 Å². The Morgan fingerprint density at radius 2 is 2.29 bits per heavy atom. The molecule has 1 amide bonds. The second-order valence-corrected chi connectivity index (χ2v) is 5.91. The molecule has 2 aromatic heterocycles. The molecule has 0 aliphatic heterocycles. The molecular formula is C15H20N4OS. The molecule has 0 aromatic carbocycles. The SMILES string of the molecule is C=CCNc1ncnc2sc(C(=O)NC(C)CC)c(C)c12. The van der Waals surface area contributed by atoms with Gasteiger partial charge >= 0.3 is 0 Å². The number of hydrogen-bond acceptors (Lipinski definition) is 5. The van der Waals surface area contributed by atoms with Gasteiger partial charge in [-0.3, -0.25) is 4.79 Å². The van der Waals surface area contributed by atoms with E-state index in [9.17, 15) is 4.79 Å². The van der Waals surface area contributed by atoms with Crippen LogP contribution in [0.4, 0.5) is 5.82 Å². The number of aryl methyl sites for hydroxylation is 1.